The summed E-state index contributed by atoms with van der Waals surface area (Å²) in [5.41, 5.74) is 1.47. The van der Waals surface area contributed by atoms with Crippen molar-refractivity contribution < 1.29 is 14.7 Å². The lowest BCUT2D eigenvalue weighted by atomic mass is 10.1. The predicted octanol–water partition coefficient (Wildman–Crippen LogP) is 3.55. The number of phenols is 1. The first kappa shape index (κ1) is 18.0. The first-order valence-electron chi connectivity index (χ1n) is 7.18. The molecule has 3 N–H and O–H groups in total. The van der Waals surface area contributed by atoms with E-state index < -0.39 is 5.91 Å². The Balaban J connectivity index is 2.14. The van der Waals surface area contributed by atoms with Gasteiger partial charge in [0.2, 0.25) is 5.91 Å². The highest BCUT2D eigenvalue weighted by atomic mass is 35.5. The third-order valence-corrected chi connectivity index (χ3v) is 3.41. The molecule has 0 aliphatic heterocycles. The number of aromatic hydroxyl groups is 1. The van der Waals surface area contributed by atoms with Crippen LogP contribution in [0, 0.1) is 11.3 Å². The summed E-state index contributed by atoms with van der Waals surface area (Å²) in [6.07, 6.45) is 1.37. The molecule has 0 fully saturated rings. The minimum atomic E-state index is -0.584. The molecule has 0 bridgehead atoms. The van der Waals surface area contributed by atoms with E-state index in [1.165, 1.54) is 31.2 Å². The number of hydrogen-bond acceptors (Lipinski definition) is 4. The summed E-state index contributed by atoms with van der Waals surface area (Å²) in [7, 11) is 0. The summed E-state index contributed by atoms with van der Waals surface area (Å²) in [5.74, 6) is -0.862. The van der Waals surface area contributed by atoms with Gasteiger partial charge in [0.05, 0.1) is 5.02 Å². The lowest BCUT2D eigenvalue weighted by molar-refractivity contribution is -0.114. The van der Waals surface area contributed by atoms with Crippen LogP contribution in [0.15, 0.2) is 48.0 Å². The van der Waals surface area contributed by atoms with Gasteiger partial charge in [0.15, 0.2) is 0 Å². The van der Waals surface area contributed by atoms with E-state index in [0.717, 1.165) is 0 Å². The first-order valence-corrected chi connectivity index (χ1v) is 7.56. The van der Waals surface area contributed by atoms with Crippen LogP contribution in [0.5, 0.6) is 5.75 Å². The molecule has 6 nitrogen and oxygen atoms in total. The Bertz CT molecular complexity index is 883. The zero-order valence-electron chi connectivity index (χ0n) is 13.2. The van der Waals surface area contributed by atoms with Crippen molar-refractivity contribution in [3.63, 3.8) is 0 Å². The normalized spacial score (nSPS) is 10.7. The number of nitriles is 1. The maximum atomic E-state index is 12.2. The average Bonchev–Trinajstić information content (AvgIpc) is 2.57. The summed E-state index contributed by atoms with van der Waals surface area (Å²) >= 11 is 5.81. The van der Waals surface area contributed by atoms with Gasteiger partial charge in [0.1, 0.15) is 17.4 Å². The molecular formula is C18H14ClN3O3. The Labute approximate surface area is 149 Å². The van der Waals surface area contributed by atoms with Crippen LogP contribution in [0.25, 0.3) is 6.08 Å². The van der Waals surface area contributed by atoms with Gasteiger partial charge in [-0.25, -0.2) is 0 Å². The molecule has 0 aliphatic rings. The third kappa shape index (κ3) is 5.09. The molecule has 0 unspecified atom stereocenters. The van der Waals surface area contributed by atoms with E-state index in [2.05, 4.69) is 10.6 Å². The lowest BCUT2D eigenvalue weighted by Gasteiger charge is -2.06. The summed E-state index contributed by atoms with van der Waals surface area (Å²) in [5, 5.41) is 23.9. The number of carbonyl (C=O) groups is 2. The Morgan fingerprint density at radius 1 is 1.12 bits per heavy atom. The second-order valence-electron chi connectivity index (χ2n) is 5.09. The number of anilines is 2. The van der Waals surface area contributed by atoms with Gasteiger partial charge in [-0.05, 0) is 48.0 Å². The van der Waals surface area contributed by atoms with Gasteiger partial charge in [0, 0.05) is 18.3 Å². The molecular weight excluding hydrogens is 342 g/mol. The molecule has 0 radical (unpaired) electrons. The number of nitrogens with zero attached hydrogens (tertiary/aromatic N) is 1. The maximum absolute atomic E-state index is 12.2. The highest BCUT2D eigenvalue weighted by Gasteiger charge is 2.10. The monoisotopic (exact) mass is 355 g/mol. The van der Waals surface area contributed by atoms with E-state index in [0.29, 0.717) is 16.9 Å². The molecule has 0 atom stereocenters. The summed E-state index contributed by atoms with van der Waals surface area (Å²) in [6.45, 7) is 1.40. The standard InChI is InChI=1S/C18H14ClN3O3/c1-11(23)21-14-3-5-15(6-4-14)22-18(25)13(10-20)8-12-2-7-17(24)16(19)9-12/h2-9,24H,1H3,(H,21,23)(H,22,25)/b13-8-. The molecule has 0 spiro atoms. The van der Waals surface area contributed by atoms with Crippen molar-refractivity contribution >= 4 is 40.9 Å². The van der Waals surface area contributed by atoms with E-state index in [-0.39, 0.29) is 22.3 Å². The van der Waals surface area contributed by atoms with Crippen LogP contribution in [0.4, 0.5) is 11.4 Å². The number of rotatable bonds is 4. The van der Waals surface area contributed by atoms with Crippen molar-refractivity contribution in [2.45, 2.75) is 6.92 Å². The molecule has 2 rings (SSSR count). The van der Waals surface area contributed by atoms with Gasteiger partial charge in [-0.1, -0.05) is 17.7 Å². The van der Waals surface area contributed by atoms with E-state index in [1.54, 1.807) is 24.3 Å². The van der Waals surface area contributed by atoms with Gasteiger partial charge in [0.25, 0.3) is 5.91 Å². The van der Waals surface area contributed by atoms with E-state index in [1.807, 2.05) is 6.07 Å². The number of amides is 2. The molecule has 0 aliphatic carbocycles. The maximum Gasteiger partial charge on any atom is 0.266 e. The van der Waals surface area contributed by atoms with E-state index in [4.69, 9.17) is 11.6 Å². The first-order chi connectivity index (χ1) is 11.9. The molecule has 0 heterocycles. The van der Waals surface area contributed by atoms with Crippen LogP contribution in [-0.2, 0) is 9.59 Å². The Hall–Kier alpha value is -3.30. The second-order valence-corrected chi connectivity index (χ2v) is 5.50. The molecule has 25 heavy (non-hydrogen) atoms. The minimum absolute atomic E-state index is 0.0824. The second kappa shape index (κ2) is 7.99. The Morgan fingerprint density at radius 2 is 1.72 bits per heavy atom. The van der Waals surface area contributed by atoms with Crippen molar-refractivity contribution in [3.8, 4) is 11.8 Å². The van der Waals surface area contributed by atoms with E-state index in [9.17, 15) is 20.0 Å². The average molecular weight is 356 g/mol. The van der Waals surface area contributed by atoms with Gasteiger partial charge in [-0.3, -0.25) is 9.59 Å². The fraction of sp³-hybridized carbons (Fsp3) is 0.0556. The van der Waals surface area contributed by atoms with Crippen molar-refractivity contribution in [1.29, 1.82) is 5.26 Å². The largest absolute Gasteiger partial charge is 0.506 e. The fourth-order valence-electron chi connectivity index (χ4n) is 1.97. The molecule has 126 valence electrons. The third-order valence-electron chi connectivity index (χ3n) is 3.11. The fourth-order valence-corrected chi connectivity index (χ4v) is 2.16. The van der Waals surface area contributed by atoms with Crippen molar-refractivity contribution in [2.75, 3.05) is 10.6 Å². The van der Waals surface area contributed by atoms with Gasteiger partial charge in [-0.15, -0.1) is 0 Å². The van der Waals surface area contributed by atoms with Crippen LogP contribution < -0.4 is 10.6 Å². The highest BCUT2D eigenvalue weighted by molar-refractivity contribution is 6.32. The van der Waals surface area contributed by atoms with Crippen molar-refractivity contribution in [1.82, 2.24) is 0 Å². The van der Waals surface area contributed by atoms with Crippen LogP contribution >= 0.6 is 11.6 Å². The van der Waals surface area contributed by atoms with Crippen LogP contribution in [0.2, 0.25) is 5.02 Å². The molecule has 2 amide bonds. The molecule has 2 aromatic rings. The molecule has 0 aromatic heterocycles. The quantitative estimate of drug-likeness (QED) is 0.576. The summed E-state index contributed by atoms with van der Waals surface area (Å²) in [6, 6.07) is 12.7. The molecule has 0 saturated carbocycles. The van der Waals surface area contributed by atoms with Gasteiger partial charge < -0.3 is 15.7 Å². The Morgan fingerprint density at radius 3 is 2.24 bits per heavy atom. The van der Waals surface area contributed by atoms with Crippen LogP contribution in [-0.4, -0.2) is 16.9 Å². The number of halogens is 1. The minimum Gasteiger partial charge on any atom is -0.506 e. The predicted molar refractivity (Wildman–Crippen MR) is 96.1 cm³/mol. The number of carbonyl (C=O) groups excluding carboxylic acids is 2. The smallest absolute Gasteiger partial charge is 0.266 e. The SMILES string of the molecule is CC(=O)Nc1ccc(NC(=O)/C(C#N)=C\c2ccc(O)c(Cl)c2)cc1. The topological polar surface area (TPSA) is 102 Å². The van der Waals surface area contributed by atoms with Crippen molar-refractivity contribution in [2.24, 2.45) is 0 Å². The van der Waals surface area contributed by atoms with E-state index >= 15 is 0 Å². The Kier molecular flexibility index (Phi) is 5.77. The number of phenolic OH excluding ortho intramolecular Hbond substituents is 1. The number of benzene rings is 2. The molecule has 7 heteroatoms. The molecule has 0 saturated heterocycles. The molecule has 2 aromatic carbocycles. The zero-order valence-corrected chi connectivity index (χ0v) is 14.0. The highest BCUT2D eigenvalue weighted by Crippen LogP contribution is 2.25. The van der Waals surface area contributed by atoms with Crippen LogP contribution in [0.1, 0.15) is 12.5 Å². The number of nitrogens with one attached hydrogen (secondary N) is 2. The van der Waals surface area contributed by atoms with Crippen LogP contribution in [0.3, 0.4) is 0 Å². The zero-order chi connectivity index (χ0) is 18.4. The summed E-state index contributed by atoms with van der Waals surface area (Å²) in [4.78, 5) is 23.2. The summed E-state index contributed by atoms with van der Waals surface area (Å²) < 4.78 is 0. The number of hydrogen-bond donors (Lipinski definition) is 3. The lowest BCUT2D eigenvalue weighted by Crippen LogP contribution is -2.13. The van der Waals surface area contributed by atoms with Gasteiger partial charge in [-0.2, -0.15) is 5.26 Å². The van der Waals surface area contributed by atoms with Gasteiger partial charge >= 0.3 is 0 Å². The van der Waals surface area contributed by atoms with Crippen molar-refractivity contribution in [3.05, 3.63) is 58.6 Å².